The van der Waals surface area contributed by atoms with Crippen LogP contribution in [-0.4, -0.2) is 42.8 Å². The number of hydrogen-bond donors (Lipinski definition) is 1. The van der Waals surface area contributed by atoms with Crippen LogP contribution in [0, 0.1) is 13.8 Å². The first kappa shape index (κ1) is 22.6. The molecule has 1 amide bonds. The van der Waals surface area contributed by atoms with Crippen LogP contribution in [0.25, 0.3) is 11.0 Å². The number of nitrogens with zero attached hydrogens (tertiary/aromatic N) is 1. The summed E-state index contributed by atoms with van der Waals surface area (Å²) in [6.07, 6.45) is 2.01. The van der Waals surface area contributed by atoms with Crippen molar-refractivity contribution in [3.63, 3.8) is 0 Å². The lowest BCUT2D eigenvalue weighted by Gasteiger charge is -2.25. The molecule has 1 atom stereocenters. The maximum Gasteiger partial charge on any atom is 0.290 e. The molecule has 0 saturated carbocycles. The average Bonchev–Trinajstić information content (AvgIpc) is 3.08. The molecule has 1 unspecified atom stereocenters. The fourth-order valence-electron chi connectivity index (χ4n) is 4.41. The van der Waals surface area contributed by atoms with E-state index in [4.69, 9.17) is 13.9 Å². The number of aliphatic hydroxyl groups is 1. The molecule has 0 fully saturated rings. The fourth-order valence-corrected chi connectivity index (χ4v) is 4.41. The van der Waals surface area contributed by atoms with Gasteiger partial charge in [-0.1, -0.05) is 24.8 Å². The van der Waals surface area contributed by atoms with E-state index in [0.717, 1.165) is 11.1 Å². The number of ether oxygens (including phenoxy) is 2. The maximum atomic E-state index is 13.7. The van der Waals surface area contributed by atoms with Crippen LogP contribution < -0.4 is 14.9 Å². The molecule has 1 aliphatic rings. The van der Waals surface area contributed by atoms with Crippen molar-refractivity contribution in [2.24, 2.45) is 0 Å². The first-order valence-corrected chi connectivity index (χ1v) is 10.8. The molecule has 2 aromatic carbocycles. The number of amides is 1. The van der Waals surface area contributed by atoms with E-state index in [1.54, 1.807) is 29.2 Å². The topological polar surface area (TPSA) is 89.2 Å². The zero-order chi connectivity index (χ0) is 23.7. The highest BCUT2D eigenvalue weighted by Crippen LogP contribution is 2.41. The van der Waals surface area contributed by atoms with Crippen LogP contribution in [0.15, 0.2) is 52.2 Å². The molecule has 3 aromatic rings. The fraction of sp³-hybridized carbons (Fsp3) is 0.308. The number of benzene rings is 2. The van der Waals surface area contributed by atoms with Gasteiger partial charge in [-0.05, 0) is 55.2 Å². The lowest BCUT2D eigenvalue weighted by Crippen LogP contribution is -2.31. The van der Waals surface area contributed by atoms with Gasteiger partial charge in [0.25, 0.3) is 5.91 Å². The van der Waals surface area contributed by atoms with Gasteiger partial charge in [-0.25, -0.2) is 0 Å². The van der Waals surface area contributed by atoms with Gasteiger partial charge < -0.3 is 23.9 Å². The maximum absolute atomic E-state index is 13.7. The Balaban J connectivity index is 1.93. The number of aryl methyl sites for hydroxylation is 2. The van der Waals surface area contributed by atoms with Crippen LogP contribution >= 0.6 is 0 Å². The van der Waals surface area contributed by atoms with Crippen molar-refractivity contribution in [3.05, 3.63) is 81.2 Å². The first-order valence-electron chi connectivity index (χ1n) is 10.8. The van der Waals surface area contributed by atoms with Crippen LogP contribution in [0.4, 0.5) is 0 Å². The Morgan fingerprint density at radius 1 is 1.18 bits per heavy atom. The Kier molecular flexibility index (Phi) is 6.24. The molecule has 7 nitrogen and oxygen atoms in total. The molecule has 0 aliphatic carbocycles. The summed E-state index contributed by atoms with van der Waals surface area (Å²) >= 11 is 0. The minimum Gasteiger partial charge on any atom is -0.493 e. The summed E-state index contributed by atoms with van der Waals surface area (Å²) in [4.78, 5) is 28.6. The summed E-state index contributed by atoms with van der Waals surface area (Å²) in [6.45, 7) is 7.95. The zero-order valence-corrected chi connectivity index (χ0v) is 19.0. The quantitative estimate of drug-likeness (QED) is 0.525. The Morgan fingerprint density at radius 3 is 2.67 bits per heavy atom. The minimum atomic E-state index is -0.664. The molecule has 1 N–H and O–H groups in total. The van der Waals surface area contributed by atoms with Crippen molar-refractivity contribution in [2.75, 3.05) is 26.9 Å². The lowest BCUT2D eigenvalue weighted by molar-refractivity contribution is 0.0716. The Morgan fingerprint density at radius 2 is 1.97 bits per heavy atom. The van der Waals surface area contributed by atoms with Crippen LogP contribution in [0.5, 0.6) is 11.5 Å². The number of rotatable bonds is 8. The van der Waals surface area contributed by atoms with Crippen LogP contribution in [0.3, 0.4) is 0 Å². The molecular weight excluding hydrogens is 422 g/mol. The highest BCUT2D eigenvalue weighted by molar-refractivity contribution is 5.99. The van der Waals surface area contributed by atoms with E-state index in [1.807, 2.05) is 26.0 Å². The normalized spacial score (nSPS) is 15.1. The second-order valence-electron chi connectivity index (χ2n) is 8.12. The van der Waals surface area contributed by atoms with E-state index in [1.165, 1.54) is 7.11 Å². The smallest absolute Gasteiger partial charge is 0.290 e. The molecule has 1 aliphatic heterocycles. The molecular formula is C26H27NO6. The Labute approximate surface area is 191 Å². The zero-order valence-electron chi connectivity index (χ0n) is 19.0. The summed E-state index contributed by atoms with van der Waals surface area (Å²) in [7, 11) is 1.53. The summed E-state index contributed by atoms with van der Waals surface area (Å²) in [5, 5.41) is 9.85. The number of carbonyl (C=O) groups is 1. The summed E-state index contributed by atoms with van der Waals surface area (Å²) in [5.74, 6) is 0.695. The van der Waals surface area contributed by atoms with Gasteiger partial charge in [0.2, 0.25) is 5.76 Å². The molecule has 0 bridgehead atoms. The predicted molar refractivity (Wildman–Crippen MR) is 125 cm³/mol. The second-order valence-corrected chi connectivity index (χ2v) is 8.12. The van der Waals surface area contributed by atoms with Gasteiger partial charge in [-0.2, -0.15) is 0 Å². The van der Waals surface area contributed by atoms with Gasteiger partial charge in [-0.15, -0.1) is 0 Å². The highest BCUT2D eigenvalue weighted by atomic mass is 16.5. The predicted octanol–water partition coefficient (Wildman–Crippen LogP) is 3.91. The third kappa shape index (κ3) is 3.89. The second kappa shape index (κ2) is 9.11. The van der Waals surface area contributed by atoms with Crippen LogP contribution in [0.2, 0.25) is 0 Å². The van der Waals surface area contributed by atoms with Gasteiger partial charge >= 0.3 is 0 Å². The molecule has 1 aromatic heterocycles. The lowest BCUT2D eigenvalue weighted by atomic mass is 9.97. The number of fused-ring (bicyclic) bond motifs is 2. The molecule has 0 saturated heterocycles. The van der Waals surface area contributed by atoms with E-state index in [0.29, 0.717) is 46.6 Å². The standard InChI is InChI=1S/C26H27NO6/c1-5-11-32-19-8-7-17(14-20(19)31-4)22-21-23(29)18-13-15(2)12-16(3)24(18)33-25(21)26(30)27(22)9-6-10-28/h5,7-8,12-14,22,28H,1,6,9-11H2,2-4H3. The minimum absolute atomic E-state index is 0.0494. The summed E-state index contributed by atoms with van der Waals surface area (Å²) in [6, 6.07) is 8.38. The van der Waals surface area contributed by atoms with Crippen molar-refractivity contribution < 1.29 is 23.8 Å². The van der Waals surface area contributed by atoms with Crippen molar-refractivity contribution >= 4 is 16.9 Å². The Hall–Kier alpha value is -3.58. The molecule has 2 heterocycles. The van der Waals surface area contributed by atoms with E-state index in [9.17, 15) is 14.7 Å². The van der Waals surface area contributed by atoms with Gasteiger partial charge in [0.15, 0.2) is 16.9 Å². The van der Waals surface area contributed by atoms with Gasteiger partial charge in [0, 0.05) is 13.2 Å². The summed E-state index contributed by atoms with van der Waals surface area (Å²) in [5.41, 5.74) is 2.93. The average molecular weight is 450 g/mol. The molecule has 33 heavy (non-hydrogen) atoms. The Bertz CT molecular complexity index is 1290. The third-order valence-electron chi connectivity index (χ3n) is 5.81. The molecule has 172 valence electrons. The SMILES string of the molecule is C=CCOc1ccc(C2c3c(oc4c(C)cc(C)cc4c3=O)C(=O)N2CCCO)cc1OC. The van der Waals surface area contributed by atoms with Crippen LogP contribution in [0.1, 0.15) is 45.3 Å². The van der Waals surface area contributed by atoms with Gasteiger partial charge in [-0.3, -0.25) is 9.59 Å². The summed E-state index contributed by atoms with van der Waals surface area (Å²) < 4.78 is 17.2. The van der Waals surface area contributed by atoms with Crippen LogP contribution in [-0.2, 0) is 0 Å². The highest BCUT2D eigenvalue weighted by Gasteiger charge is 2.42. The molecule has 0 spiro atoms. The van der Waals surface area contributed by atoms with Gasteiger partial charge in [0.1, 0.15) is 12.2 Å². The monoisotopic (exact) mass is 449 g/mol. The number of aliphatic hydroxyl groups excluding tert-OH is 1. The molecule has 0 radical (unpaired) electrons. The molecule has 4 rings (SSSR count). The van der Waals surface area contributed by atoms with E-state index in [-0.39, 0.29) is 30.2 Å². The van der Waals surface area contributed by atoms with Crippen molar-refractivity contribution in [1.29, 1.82) is 0 Å². The number of methoxy groups -OCH3 is 1. The van der Waals surface area contributed by atoms with Gasteiger partial charge in [0.05, 0.1) is 24.1 Å². The number of hydrogen-bond acceptors (Lipinski definition) is 6. The van der Waals surface area contributed by atoms with E-state index >= 15 is 0 Å². The van der Waals surface area contributed by atoms with Crippen molar-refractivity contribution in [3.8, 4) is 11.5 Å². The van der Waals surface area contributed by atoms with E-state index < -0.39 is 6.04 Å². The first-order chi connectivity index (χ1) is 15.9. The van der Waals surface area contributed by atoms with Crippen molar-refractivity contribution in [2.45, 2.75) is 26.3 Å². The van der Waals surface area contributed by atoms with E-state index in [2.05, 4.69) is 6.58 Å². The third-order valence-corrected chi connectivity index (χ3v) is 5.81. The molecule has 7 heteroatoms. The van der Waals surface area contributed by atoms with Crippen molar-refractivity contribution in [1.82, 2.24) is 4.90 Å². The largest absolute Gasteiger partial charge is 0.493 e. The number of carbonyl (C=O) groups excluding carboxylic acids is 1.